The highest BCUT2D eigenvalue weighted by Gasteiger charge is 2.42. The Balaban J connectivity index is 1.44. The van der Waals surface area contributed by atoms with Crippen molar-refractivity contribution in [2.24, 2.45) is 5.92 Å². The molecule has 0 spiro atoms. The van der Waals surface area contributed by atoms with E-state index >= 15 is 0 Å². The second kappa shape index (κ2) is 8.01. The van der Waals surface area contributed by atoms with Crippen LogP contribution in [-0.2, 0) is 11.2 Å². The van der Waals surface area contributed by atoms with Gasteiger partial charge < -0.3 is 5.32 Å². The largest absolute Gasteiger partial charge is 0.348 e. The Morgan fingerprint density at radius 3 is 2.70 bits per heavy atom. The summed E-state index contributed by atoms with van der Waals surface area (Å²) in [6, 6.07) is 10.7. The van der Waals surface area contributed by atoms with Crippen molar-refractivity contribution in [2.75, 3.05) is 13.1 Å². The minimum absolute atomic E-state index is 0.0886. The smallest absolute Gasteiger partial charge is 0.244 e. The van der Waals surface area contributed by atoms with E-state index in [0.717, 1.165) is 37.9 Å². The summed E-state index contributed by atoms with van der Waals surface area (Å²) < 4.78 is 13.0. The molecule has 5 heteroatoms. The van der Waals surface area contributed by atoms with Gasteiger partial charge in [-0.2, -0.15) is 0 Å². The normalized spacial score (nSPS) is 27.0. The lowest BCUT2D eigenvalue weighted by molar-refractivity contribution is -0.119. The van der Waals surface area contributed by atoms with Crippen LogP contribution in [0.4, 0.5) is 4.39 Å². The number of hydrogen-bond acceptors (Lipinski definition) is 3. The van der Waals surface area contributed by atoms with E-state index in [1.807, 2.05) is 12.3 Å². The average Bonchev–Trinajstić information content (AvgIpc) is 2.71. The molecule has 5 rings (SSSR count). The zero-order valence-electron chi connectivity index (χ0n) is 15.2. The Morgan fingerprint density at radius 2 is 2.00 bits per heavy atom. The Hall–Kier alpha value is -2.53. The lowest BCUT2D eigenvalue weighted by Crippen LogP contribution is -2.64. The molecule has 0 radical (unpaired) electrons. The van der Waals surface area contributed by atoms with Crippen molar-refractivity contribution in [3.63, 3.8) is 0 Å². The molecule has 1 N–H and O–H groups in total. The molecular formula is C22H24FN3O. The summed E-state index contributed by atoms with van der Waals surface area (Å²) >= 11 is 0. The van der Waals surface area contributed by atoms with Gasteiger partial charge in [0.2, 0.25) is 5.91 Å². The fourth-order valence-electron chi connectivity index (χ4n) is 4.34. The second-order valence-electron chi connectivity index (χ2n) is 7.43. The lowest BCUT2D eigenvalue weighted by atomic mass is 9.77. The molecule has 2 bridgehead atoms. The summed E-state index contributed by atoms with van der Waals surface area (Å²) in [6.07, 6.45) is 10.1. The van der Waals surface area contributed by atoms with Gasteiger partial charge in [-0.15, -0.1) is 0 Å². The summed E-state index contributed by atoms with van der Waals surface area (Å²) in [4.78, 5) is 19.2. The number of hydrogen-bond donors (Lipinski definition) is 1. The predicted molar refractivity (Wildman–Crippen MR) is 103 cm³/mol. The minimum atomic E-state index is -0.276. The fourth-order valence-corrected chi connectivity index (χ4v) is 4.34. The molecule has 3 aliphatic rings. The zero-order valence-corrected chi connectivity index (χ0v) is 15.2. The van der Waals surface area contributed by atoms with Gasteiger partial charge in [-0.1, -0.05) is 18.2 Å². The van der Waals surface area contributed by atoms with Crippen molar-refractivity contribution in [1.29, 1.82) is 0 Å². The number of amides is 1. The van der Waals surface area contributed by atoms with Crippen molar-refractivity contribution in [2.45, 2.75) is 31.3 Å². The van der Waals surface area contributed by atoms with Crippen LogP contribution >= 0.6 is 0 Å². The lowest BCUT2D eigenvalue weighted by Gasteiger charge is -2.51. The summed E-state index contributed by atoms with van der Waals surface area (Å²) in [5.74, 6) is 0.163. The van der Waals surface area contributed by atoms with Gasteiger partial charge in [0, 0.05) is 30.6 Å². The molecule has 1 amide bonds. The molecular weight excluding hydrogens is 341 g/mol. The van der Waals surface area contributed by atoms with Crippen molar-refractivity contribution >= 4 is 12.0 Å². The standard InChI is InChI=1S/C22H24FN3O/c23-19-6-3-16(4-7-19)5-8-21(27)25-22-18-9-12-26(13-10-18)20(22)14-17-2-1-11-24-15-17/h1-8,11,15,18,20,22H,9-10,12-14H2,(H,25,27)/b8-5+. The van der Waals surface area contributed by atoms with E-state index in [4.69, 9.17) is 0 Å². The number of fused-ring (bicyclic) bond motifs is 3. The van der Waals surface area contributed by atoms with Gasteiger partial charge in [0.25, 0.3) is 0 Å². The van der Waals surface area contributed by atoms with E-state index in [1.54, 1.807) is 30.5 Å². The van der Waals surface area contributed by atoms with E-state index in [-0.39, 0.29) is 17.8 Å². The molecule has 2 atom stereocenters. The number of benzene rings is 1. The van der Waals surface area contributed by atoms with Crippen LogP contribution in [0.3, 0.4) is 0 Å². The highest BCUT2D eigenvalue weighted by molar-refractivity contribution is 5.92. The zero-order chi connectivity index (χ0) is 18.6. The Bertz CT molecular complexity index is 798. The predicted octanol–water partition coefficient (Wildman–Crippen LogP) is 3.06. The number of carbonyl (C=O) groups excluding carboxylic acids is 1. The van der Waals surface area contributed by atoms with Crippen molar-refractivity contribution in [3.8, 4) is 0 Å². The molecule has 3 aliphatic heterocycles. The molecule has 2 unspecified atom stereocenters. The number of pyridine rings is 1. The van der Waals surface area contributed by atoms with Crippen LogP contribution in [0.5, 0.6) is 0 Å². The molecule has 2 aromatic rings. The molecule has 4 nitrogen and oxygen atoms in total. The average molecular weight is 365 g/mol. The highest BCUT2D eigenvalue weighted by Crippen LogP contribution is 2.33. The van der Waals surface area contributed by atoms with E-state index in [2.05, 4.69) is 21.3 Å². The number of nitrogens with one attached hydrogen (secondary N) is 1. The van der Waals surface area contributed by atoms with Crippen LogP contribution in [0.1, 0.15) is 24.0 Å². The summed E-state index contributed by atoms with van der Waals surface area (Å²) in [7, 11) is 0. The third-order valence-corrected chi connectivity index (χ3v) is 5.74. The number of carbonyl (C=O) groups is 1. The van der Waals surface area contributed by atoms with Gasteiger partial charge in [-0.3, -0.25) is 14.7 Å². The molecule has 3 fully saturated rings. The van der Waals surface area contributed by atoms with Crippen molar-refractivity contribution in [1.82, 2.24) is 15.2 Å². The van der Waals surface area contributed by atoms with Gasteiger partial charge >= 0.3 is 0 Å². The maximum atomic E-state index is 13.0. The molecule has 0 saturated carbocycles. The first-order valence-electron chi connectivity index (χ1n) is 9.56. The van der Waals surface area contributed by atoms with Gasteiger partial charge in [-0.25, -0.2) is 4.39 Å². The van der Waals surface area contributed by atoms with Crippen LogP contribution < -0.4 is 5.32 Å². The fraction of sp³-hybridized carbons (Fsp3) is 0.364. The Labute approximate surface area is 159 Å². The van der Waals surface area contributed by atoms with Gasteiger partial charge in [0.1, 0.15) is 5.82 Å². The SMILES string of the molecule is O=C(/C=C/c1ccc(F)cc1)NC1C2CCN(CC2)C1Cc1cccnc1. The number of halogens is 1. The van der Waals surface area contributed by atoms with E-state index in [0.29, 0.717) is 12.0 Å². The third-order valence-electron chi connectivity index (χ3n) is 5.74. The molecule has 3 saturated heterocycles. The van der Waals surface area contributed by atoms with Crippen LogP contribution in [0.2, 0.25) is 0 Å². The van der Waals surface area contributed by atoms with E-state index in [9.17, 15) is 9.18 Å². The first-order valence-corrected chi connectivity index (χ1v) is 9.56. The molecule has 0 aliphatic carbocycles. The molecule has 27 heavy (non-hydrogen) atoms. The topological polar surface area (TPSA) is 45.2 Å². The Morgan fingerprint density at radius 1 is 1.22 bits per heavy atom. The van der Waals surface area contributed by atoms with Gasteiger partial charge in [0.15, 0.2) is 0 Å². The van der Waals surface area contributed by atoms with Crippen LogP contribution in [0.15, 0.2) is 54.9 Å². The van der Waals surface area contributed by atoms with Gasteiger partial charge in [0.05, 0.1) is 0 Å². The molecule has 1 aromatic carbocycles. The number of rotatable bonds is 5. The number of nitrogens with zero attached hydrogens (tertiary/aromatic N) is 2. The molecule has 4 heterocycles. The maximum Gasteiger partial charge on any atom is 0.244 e. The van der Waals surface area contributed by atoms with Crippen LogP contribution in [0, 0.1) is 11.7 Å². The number of aromatic nitrogens is 1. The quantitative estimate of drug-likeness (QED) is 0.829. The van der Waals surface area contributed by atoms with Crippen LogP contribution in [-0.4, -0.2) is 41.0 Å². The highest BCUT2D eigenvalue weighted by atomic mass is 19.1. The Kier molecular flexibility index (Phi) is 5.30. The number of piperidine rings is 3. The molecule has 140 valence electrons. The summed E-state index contributed by atoms with van der Waals surface area (Å²) in [5.41, 5.74) is 2.02. The first kappa shape index (κ1) is 17.9. The molecule has 1 aromatic heterocycles. The van der Waals surface area contributed by atoms with Crippen molar-refractivity contribution in [3.05, 3.63) is 71.8 Å². The maximum absolute atomic E-state index is 13.0. The second-order valence-corrected chi connectivity index (χ2v) is 7.43. The van der Waals surface area contributed by atoms with E-state index < -0.39 is 0 Å². The monoisotopic (exact) mass is 365 g/mol. The van der Waals surface area contributed by atoms with Crippen molar-refractivity contribution < 1.29 is 9.18 Å². The van der Waals surface area contributed by atoms with Crippen LogP contribution in [0.25, 0.3) is 6.08 Å². The first-order chi connectivity index (χ1) is 13.2. The summed E-state index contributed by atoms with van der Waals surface area (Å²) in [6.45, 7) is 2.21. The van der Waals surface area contributed by atoms with E-state index in [1.165, 1.54) is 17.7 Å². The third kappa shape index (κ3) is 4.25. The minimum Gasteiger partial charge on any atom is -0.348 e. The van der Waals surface area contributed by atoms with Gasteiger partial charge in [-0.05, 0) is 73.7 Å². The summed E-state index contributed by atoms with van der Waals surface area (Å²) in [5, 5.41) is 3.24.